The van der Waals surface area contributed by atoms with Gasteiger partial charge < -0.3 is 9.47 Å². The Balaban J connectivity index is 1.50. The number of aromatic nitrogens is 1. The lowest BCUT2D eigenvalue weighted by Crippen LogP contribution is -2.67. The summed E-state index contributed by atoms with van der Waals surface area (Å²) in [5.74, 6) is -0.495. The number of pyridine rings is 1. The van der Waals surface area contributed by atoms with E-state index in [0.717, 1.165) is 32.0 Å². The minimum Gasteiger partial charge on any atom is -0.312 e. The number of hydrogen-bond donors (Lipinski definition) is 0. The van der Waals surface area contributed by atoms with Gasteiger partial charge in [0.15, 0.2) is 0 Å². The van der Waals surface area contributed by atoms with Crippen molar-refractivity contribution in [2.24, 2.45) is 11.3 Å². The molecule has 0 N–H and O–H groups in total. The van der Waals surface area contributed by atoms with Gasteiger partial charge in [-0.3, -0.25) is 24.2 Å². The fourth-order valence-electron chi connectivity index (χ4n) is 5.93. The minimum absolute atomic E-state index is 0.0201. The van der Waals surface area contributed by atoms with Crippen LogP contribution in [0.5, 0.6) is 0 Å². The normalized spacial score (nSPS) is 24.4. The fraction of sp³-hybridized carbons (Fsp3) is 0.440. The molecule has 9 heteroatoms. The molecule has 178 valence electrons. The molecule has 0 spiro atoms. The Bertz CT molecular complexity index is 1200. The second kappa shape index (κ2) is 8.46. The molecule has 0 aliphatic carbocycles. The van der Waals surface area contributed by atoms with E-state index in [1.807, 2.05) is 34.9 Å². The predicted molar refractivity (Wildman–Crippen MR) is 129 cm³/mol. The van der Waals surface area contributed by atoms with Crippen LogP contribution in [0.3, 0.4) is 0 Å². The lowest BCUT2D eigenvalue weighted by atomic mass is 9.75. The molecule has 1 aromatic carbocycles. The zero-order valence-electron chi connectivity index (χ0n) is 19.2. The molecule has 34 heavy (non-hydrogen) atoms. The summed E-state index contributed by atoms with van der Waals surface area (Å²) in [6.07, 6.45) is 1.20. The van der Waals surface area contributed by atoms with Crippen LogP contribution in [-0.4, -0.2) is 70.8 Å². The number of piperidine rings is 1. The minimum atomic E-state index is -1.40. The summed E-state index contributed by atoms with van der Waals surface area (Å²) in [6.45, 7) is 2.22. The molecule has 2 atom stereocenters. The molecule has 8 nitrogen and oxygen atoms in total. The van der Waals surface area contributed by atoms with E-state index < -0.39 is 23.3 Å². The van der Waals surface area contributed by atoms with Crippen LogP contribution in [0, 0.1) is 11.3 Å². The Morgan fingerprint density at radius 1 is 0.912 bits per heavy atom. The lowest BCUT2D eigenvalue weighted by molar-refractivity contribution is -0.159. The van der Waals surface area contributed by atoms with Gasteiger partial charge in [-0.1, -0.05) is 34.1 Å². The maximum absolute atomic E-state index is 13.6. The quantitative estimate of drug-likeness (QED) is 0.571. The highest BCUT2D eigenvalue weighted by Gasteiger charge is 2.56. The third-order valence-corrected chi connectivity index (χ3v) is 8.00. The van der Waals surface area contributed by atoms with E-state index in [0.29, 0.717) is 19.6 Å². The predicted octanol–water partition coefficient (Wildman–Crippen LogP) is 2.31. The topological polar surface area (TPSA) is 82.9 Å². The van der Waals surface area contributed by atoms with Gasteiger partial charge in [0.2, 0.25) is 11.8 Å². The van der Waals surface area contributed by atoms with Crippen LogP contribution in [0.25, 0.3) is 0 Å². The van der Waals surface area contributed by atoms with Crippen LogP contribution < -0.4 is 5.56 Å². The maximum Gasteiger partial charge on any atom is 0.332 e. The number of rotatable bonds is 4. The average molecular weight is 527 g/mol. The number of amides is 4. The molecule has 0 radical (unpaired) electrons. The zero-order chi connectivity index (χ0) is 24.2. The zero-order valence-corrected chi connectivity index (χ0v) is 20.8. The number of carbonyl (C=O) groups excluding carboxylic acids is 3. The van der Waals surface area contributed by atoms with Gasteiger partial charge in [-0.25, -0.2) is 4.79 Å². The van der Waals surface area contributed by atoms with E-state index in [1.165, 1.54) is 14.1 Å². The molecule has 3 aliphatic rings. The molecule has 5 rings (SSSR count). The first-order valence-electron chi connectivity index (χ1n) is 11.5. The standard InChI is InChI=1S/C25H27BrN4O4/c1-27-22(32)25(23(33)28(2)24(27)34,11-16-6-8-19(26)9-7-16)15-29-12-17-10-18(14-29)20-4-3-5-21(31)30(20)13-17/h3-9,17-18H,10-15H2,1-2H3/t17?,18-/m1/s1. The third-order valence-electron chi connectivity index (χ3n) is 7.47. The molecule has 2 saturated heterocycles. The summed E-state index contributed by atoms with van der Waals surface area (Å²) in [7, 11) is 2.88. The SMILES string of the molecule is CN1C(=O)N(C)C(=O)C(Cc2ccc(Br)cc2)(CN2CC3C[C@H](C2)c2cccc(=O)n2C3)C1=O. The van der Waals surface area contributed by atoms with Crippen molar-refractivity contribution in [1.29, 1.82) is 0 Å². The van der Waals surface area contributed by atoms with Crippen LogP contribution in [0.2, 0.25) is 0 Å². The van der Waals surface area contributed by atoms with Crippen molar-refractivity contribution in [2.75, 3.05) is 33.7 Å². The molecular formula is C25H27BrN4O4. The van der Waals surface area contributed by atoms with Crippen molar-refractivity contribution in [3.8, 4) is 0 Å². The van der Waals surface area contributed by atoms with Crippen molar-refractivity contribution in [3.63, 3.8) is 0 Å². The first-order chi connectivity index (χ1) is 16.2. The van der Waals surface area contributed by atoms with Gasteiger partial charge in [0, 0.05) is 62.4 Å². The van der Waals surface area contributed by atoms with Crippen LogP contribution in [0.15, 0.2) is 51.7 Å². The van der Waals surface area contributed by atoms with E-state index >= 15 is 0 Å². The number of urea groups is 1. The lowest BCUT2D eigenvalue weighted by Gasteiger charge is -2.48. The van der Waals surface area contributed by atoms with E-state index in [2.05, 4.69) is 20.8 Å². The van der Waals surface area contributed by atoms with Gasteiger partial charge in [-0.15, -0.1) is 0 Å². The molecule has 3 aliphatic heterocycles. The molecular weight excluding hydrogens is 500 g/mol. The Morgan fingerprint density at radius 2 is 1.59 bits per heavy atom. The first kappa shape index (κ1) is 23.0. The highest BCUT2D eigenvalue weighted by molar-refractivity contribution is 9.10. The summed E-state index contributed by atoms with van der Waals surface area (Å²) in [5, 5.41) is 0. The largest absolute Gasteiger partial charge is 0.332 e. The molecule has 1 aromatic heterocycles. The van der Waals surface area contributed by atoms with Gasteiger partial charge in [0.25, 0.3) is 5.56 Å². The van der Waals surface area contributed by atoms with Crippen molar-refractivity contribution < 1.29 is 14.4 Å². The van der Waals surface area contributed by atoms with Crippen molar-refractivity contribution in [3.05, 3.63) is 68.5 Å². The number of benzene rings is 1. The van der Waals surface area contributed by atoms with Crippen LogP contribution >= 0.6 is 15.9 Å². The van der Waals surface area contributed by atoms with Crippen LogP contribution in [0.1, 0.15) is 23.6 Å². The number of likely N-dealkylation sites (tertiary alicyclic amines) is 1. The second-order valence-corrected chi connectivity index (χ2v) is 10.7. The Labute approximate surface area is 206 Å². The van der Waals surface area contributed by atoms with Gasteiger partial charge in [0.1, 0.15) is 5.41 Å². The van der Waals surface area contributed by atoms with E-state index in [1.54, 1.807) is 12.1 Å². The molecule has 2 fully saturated rings. The summed E-state index contributed by atoms with van der Waals surface area (Å²) in [5.41, 5.74) is 0.496. The van der Waals surface area contributed by atoms with Crippen molar-refractivity contribution >= 4 is 33.8 Å². The number of halogens is 1. The van der Waals surface area contributed by atoms with Crippen molar-refractivity contribution in [2.45, 2.75) is 25.3 Å². The van der Waals surface area contributed by atoms with Gasteiger partial charge in [0.05, 0.1) is 0 Å². The molecule has 4 heterocycles. The summed E-state index contributed by atoms with van der Waals surface area (Å²) < 4.78 is 2.78. The molecule has 2 aromatic rings. The first-order valence-corrected chi connectivity index (χ1v) is 12.3. The number of nitrogens with zero attached hydrogens (tertiary/aromatic N) is 4. The molecule has 1 unspecified atom stereocenters. The van der Waals surface area contributed by atoms with E-state index in [4.69, 9.17) is 0 Å². The van der Waals surface area contributed by atoms with E-state index in [9.17, 15) is 19.2 Å². The number of hydrogen-bond acceptors (Lipinski definition) is 5. The number of carbonyl (C=O) groups is 3. The highest BCUT2D eigenvalue weighted by Crippen LogP contribution is 2.39. The van der Waals surface area contributed by atoms with Crippen LogP contribution in [-0.2, 0) is 22.6 Å². The van der Waals surface area contributed by atoms with Gasteiger partial charge in [-0.2, -0.15) is 0 Å². The summed E-state index contributed by atoms with van der Waals surface area (Å²) in [4.78, 5) is 56.5. The highest BCUT2D eigenvalue weighted by atomic mass is 79.9. The summed E-state index contributed by atoms with van der Waals surface area (Å²) >= 11 is 3.43. The smallest absolute Gasteiger partial charge is 0.312 e. The average Bonchev–Trinajstić information content (AvgIpc) is 2.82. The van der Waals surface area contributed by atoms with Gasteiger partial charge >= 0.3 is 6.03 Å². The monoisotopic (exact) mass is 526 g/mol. The number of fused-ring (bicyclic) bond motifs is 4. The van der Waals surface area contributed by atoms with Crippen molar-refractivity contribution in [1.82, 2.24) is 19.3 Å². The summed E-state index contributed by atoms with van der Waals surface area (Å²) in [6, 6.07) is 12.4. The van der Waals surface area contributed by atoms with Crippen LogP contribution in [0.4, 0.5) is 4.79 Å². The molecule has 2 bridgehead atoms. The Kier molecular flexibility index (Phi) is 5.72. The maximum atomic E-state index is 13.6. The Hall–Kier alpha value is -2.78. The van der Waals surface area contributed by atoms with Gasteiger partial charge in [-0.05, 0) is 42.5 Å². The van der Waals surface area contributed by atoms with E-state index in [-0.39, 0.29) is 30.4 Å². The molecule has 0 saturated carbocycles. The number of imide groups is 2. The fourth-order valence-corrected chi connectivity index (χ4v) is 6.20. The number of barbiturate groups is 1. The third kappa shape index (κ3) is 3.71. The molecule has 4 amide bonds. The second-order valence-electron chi connectivity index (χ2n) is 9.79. The Morgan fingerprint density at radius 3 is 2.26 bits per heavy atom.